The number of hydrogen-bond acceptors (Lipinski definition) is 3. The second kappa shape index (κ2) is 5.17. The van der Waals surface area contributed by atoms with Gasteiger partial charge < -0.3 is 10.6 Å². The van der Waals surface area contributed by atoms with E-state index in [0.717, 1.165) is 7.05 Å². The van der Waals surface area contributed by atoms with Crippen LogP contribution in [0.25, 0.3) is 5.73 Å². The molecule has 0 saturated carbocycles. The minimum Gasteiger partial charge on any atom is -0.447 e. The maximum Gasteiger partial charge on any atom is 0.265 e. The molecule has 6 nitrogen and oxygen atoms in total. The molecule has 0 atom stereocenters. The van der Waals surface area contributed by atoms with E-state index in [2.05, 4.69) is 0 Å². The van der Waals surface area contributed by atoms with Gasteiger partial charge in [-0.1, -0.05) is 7.05 Å². The van der Waals surface area contributed by atoms with Gasteiger partial charge >= 0.3 is 0 Å². The molecule has 0 spiro atoms. The molecule has 0 rings (SSSR count). The summed E-state index contributed by atoms with van der Waals surface area (Å²) in [6.45, 7) is 0. The van der Waals surface area contributed by atoms with Crippen molar-refractivity contribution in [2.24, 2.45) is 0 Å². The summed E-state index contributed by atoms with van der Waals surface area (Å²) in [7, 11) is 1.07. The summed E-state index contributed by atoms with van der Waals surface area (Å²) < 4.78 is 0. The summed E-state index contributed by atoms with van der Waals surface area (Å²) in [5.41, 5.74) is 7.52. The zero-order chi connectivity index (χ0) is 7.44. The first-order valence-corrected chi connectivity index (χ1v) is 2.03. The van der Waals surface area contributed by atoms with E-state index in [9.17, 15) is 9.59 Å². The van der Waals surface area contributed by atoms with Gasteiger partial charge in [-0.3, -0.25) is 14.8 Å². The summed E-state index contributed by atoms with van der Waals surface area (Å²) in [6, 6.07) is -2.20. The second-order valence-corrected chi connectivity index (χ2v) is 1.28. The Balaban J connectivity index is 0. The Morgan fingerprint density at radius 1 is 1.60 bits per heavy atom. The van der Waals surface area contributed by atoms with Crippen molar-refractivity contribution in [3.8, 4) is 0 Å². The number of carbonyl (C=O) groups is 2. The van der Waals surface area contributed by atoms with Crippen LogP contribution in [0.5, 0.6) is 0 Å². The van der Waals surface area contributed by atoms with Crippen molar-refractivity contribution in [1.29, 1.82) is 0 Å². The minimum atomic E-state index is -1.18. The Morgan fingerprint density at radius 2 is 2.00 bits per heavy atom. The third-order valence-corrected chi connectivity index (χ3v) is 0.705. The number of nitrogens with one attached hydrogen (secondary N) is 2. The largest absolute Gasteiger partial charge is 0.447 e. The molecular formula is C3H6N3O3Re-. The number of urea groups is 2. The average molecular weight is 318 g/mol. The Hall–Kier alpha value is -0.638. The van der Waals surface area contributed by atoms with Gasteiger partial charge in [-0.25, -0.2) is 5.48 Å². The van der Waals surface area contributed by atoms with Crippen LogP contribution in [0.4, 0.5) is 9.59 Å². The fraction of sp³-hybridized carbons (Fsp3) is 0.333. The maximum absolute atomic E-state index is 10.2. The molecule has 3 N–H and O–H groups in total. The molecule has 0 aliphatic carbocycles. The summed E-state index contributed by atoms with van der Waals surface area (Å²) in [6.07, 6.45) is 0. The summed E-state index contributed by atoms with van der Waals surface area (Å²) in [5, 5.41) is 7.88. The summed E-state index contributed by atoms with van der Waals surface area (Å²) >= 11 is 0. The molecule has 7 heteroatoms. The smallest absolute Gasteiger partial charge is 0.265 e. The van der Waals surface area contributed by atoms with Gasteiger partial charge in [0.2, 0.25) is 0 Å². The molecular weight excluding hydrogens is 312 g/mol. The molecule has 4 amide bonds. The van der Waals surface area contributed by atoms with E-state index in [-0.39, 0.29) is 20.4 Å². The molecule has 0 aromatic rings. The van der Waals surface area contributed by atoms with Gasteiger partial charge in [0.05, 0.1) is 0 Å². The van der Waals surface area contributed by atoms with E-state index in [1.54, 1.807) is 0 Å². The number of imide groups is 1. The third-order valence-electron chi connectivity index (χ3n) is 0.705. The van der Waals surface area contributed by atoms with Crippen LogP contribution in [0.15, 0.2) is 0 Å². The number of rotatable bonds is 0. The first-order chi connectivity index (χ1) is 4.09. The SMILES string of the molecule is CN(C([NH-])=O)C(=O)NO.[Re]. The van der Waals surface area contributed by atoms with Crippen LogP contribution in [-0.2, 0) is 20.4 Å². The fourth-order valence-corrected chi connectivity index (χ4v) is 0.167. The normalized spacial score (nSPS) is 7.40. The summed E-state index contributed by atoms with van der Waals surface area (Å²) in [5.74, 6) is 0. The van der Waals surface area contributed by atoms with Crippen LogP contribution in [0.2, 0.25) is 0 Å². The predicted molar refractivity (Wildman–Crippen MR) is 27.8 cm³/mol. The van der Waals surface area contributed by atoms with Gasteiger partial charge in [0.15, 0.2) is 6.03 Å². The van der Waals surface area contributed by atoms with Gasteiger partial charge in [-0.15, -0.1) is 0 Å². The molecule has 10 heavy (non-hydrogen) atoms. The zero-order valence-corrected chi connectivity index (χ0v) is 7.80. The Bertz CT molecular complexity index is 139. The predicted octanol–water partition coefficient (Wildman–Crippen LogP) is 0.187. The van der Waals surface area contributed by atoms with E-state index < -0.39 is 12.1 Å². The van der Waals surface area contributed by atoms with Crippen molar-refractivity contribution in [2.75, 3.05) is 7.05 Å². The number of hydroxylamine groups is 1. The standard InChI is InChI=1S/C3H7N3O3.Re/c1-6(2(4)7)3(8)5-9;/h1H3,(H4,4,5,7,8,9);/p-1. The topological polar surface area (TPSA) is 93.4 Å². The monoisotopic (exact) mass is 319 g/mol. The number of carbonyl (C=O) groups excluding carboxylic acids is 2. The van der Waals surface area contributed by atoms with Gasteiger partial charge in [0.1, 0.15) is 0 Å². The molecule has 0 fully saturated rings. The van der Waals surface area contributed by atoms with Crippen LogP contribution in [0.3, 0.4) is 0 Å². The maximum atomic E-state index is 10.2. The fourth-order valence-electron chi connectivity index (χ4n) is 0.167. The van der Waals surface area contributed by atoms with Crippen molar-refractivity contribution in [3.05, 3.63) is 5.73 Å². The van der Waals surface area contributed by atoms with Crippen molar-refractivity contribution in [2.45, 2.75) is 0 Å². The molecule has 0 aliphatic heterocycles. The molecule has 0 aliphatic rings. The number of amides is 4. The van der Waals surface area contributed by atoms with Crippen molar-refractivity contribution < 1.29 is 35.2 Å². The Kier molecular flexibility index (Phi) is 6.25. The Morgan fingerprint density at radius 3 is 2.10 bits per heavy atom. The zero-order valence-electron chi connectivity index (χ0n) is 5.09. The van der Waals surface area contributed by atoms with E-state index in [1.807, 2.05) is 0 Å². The van der Waals surface area contributed by atoms with E-state index in [0.29, 0.717) is 4.90 Å². The first kappa shape index (κ1) is 12.1. The number of nitrogens with zero attached hydrogens (tertiary/aromatic N) is 1. The molecule has 0 unspecified atom stereocenters. The van der Waals surface area contributed by atoms with E-state index >= 15 is 0 Å². The van der Waals surface area contributed by atoms with Crippen LogP contribution >= 0.6 is 0 Å². The molecule has 1 radical (unpaired) electrons. The van der Waals surface area contributed by atoms with Gasteiger partial charge in [0.25, 0.3) is 6.03 Å². The first-order valence-electron chi connectivity index (χ1n) is 2.03. The van der Waals surface area contributed by atoms with Gasteiger partial charge in [-0.05, 0) is 0 Å². The second-order valence-electron chi connectivity index (χ2n) is 1.28. The van der Waals surface area contributed by atoms with Crippen LogP contribution in [0.1, 0.15) is 0 Å². The van der Waals surface area contributed by atoms with Crippen molar-refractivity contribution in [3.63, 3.8) is 0 Å². The van der Waals surface area contributed by atoms with Gasteiger partial charge in [0, 0.05) is 20.4 Å². The molecule has 0 aromatic carbocycles. The van der Waals surface area contributed by atoms with E-state index in [1.165, 1.54) is 5.48 Å². The number of hydrogen-bond donors (Lipinski definition) is 2. The van der Waals surface area contributed by atoms with Crippen molar-refractivity contribution >= 4 is 12.1 Å². The minimum absolute atomic E-state index is 0. The average Bonchev–Trinajstić information content (AvgIpc) is 1.84. The van der Waals surface area contributed by atoms with Crippen LogP contribution in [-0.4, -0.2) is 29.2 Å². The molecule has 0 heterocycles. The van der Waals surface area contributed by atoms with Crippen LogP contribution in [0, 0.1) is 0 Å². The molecule has 59 valence electrons. The summed E-state index contributed by atoms with van der Waals surface area (Å²) in [4.78, 5) is 20.6. The Labute approximate surface area is 71.0 Å². The van der Waals surface area contributed by atoms with Crippen molar-refractivity contribution in [1.82, 2.24) is 10.4 Å². The van der Waals surface area contributed by atoms with Crippen LogP contribution < -0.4 is 5.48 Å². The third kappa shape index (κ3) is 3.40. The molecule has 0 aromatic heterocycles. The van der Waals surface area contributed by atoms with Gasteiger partial charge in [-0.2, -0.15) is 0 Å². The van der Waals surface area contributed by atoms with E-state index in [4.69, 9.17) is 10.9 Å². The molecule has 0 saturated heterocycles. The quantitative estimate of drug-likeness (QED) is 0.493. The molecule has 0 bridgehead atoms.